The second kappa shape index (κ2) is 6.29. The van der Waals surface area contributed by atoms with Gasteiger partial charge in [0.05, 0.1) is 32.9 Å². The second-order valence-corrected chi connectivity index (χ2v) is 8.25. The highest BCUT2D eigenvalue weighted by molar-refractivity contribution is 5.93. The number of halogens is 2. The number of rotatable bonds is 5. The summed E-state index contributed by atoms with van der Waals surface area (Å²) < 4.78 is 37.8. The van der Waals surface area contributed by atoms with Gasteiger partial charge >= 0.3 is 0 Å². The van der Waals surface area contributed by atoms with Crippen molar-refractivity contribution < 1.29 is 23.0 Å². The summed E-state index contributed by atoms with van der Waals surface area (Å²) >= 11 is 0. The van der Waals surface area contributed by atoms with Gasteiger partial charge in [0, 0.05) is 24.9 Å². The lowest BCUT2D eigenvalue weighted by Gasteiger charge is -2.40. The number of likely N-dealkylation sites (tertiary alicyclic amines) is 1. The number of nitrogens with zero attached hydrogens (tertiary/aromatic N) is 3. The molecule has 0 radical (unpaired) electrons. The number of aromatic nitrogens is 1. The summed E-state index contributed by atoms with van der Waals surface area (Å²) in [7, 11) is 0. The van der Waals surface area contributed by atoms with Crippen molar-refractivity contribution in [2.75, 3.05) is 50.9 Å². The quantitative estimate of drug-likeness (QED) is 0.784. The molecule has 8 heteroatoms. The summed E-state index contributed by atoms with van der Waals surface area (Å²) in [5.41, 5.74) is 0.863. The molecule has 0 bridgehead atoms. The first-order valence-corrected chi connectivity index (χ1v) is 9.62. The summed E-state index contributed by atoms with van der Waals surface area (Å²) in [4.78, 5) is 20.7. The molecule has 1 aliphatic carbocycles. The molecule has 5 rings (SSSR count). The number of carbonyl (C=O) groups excluding carboxylic acids is 1. The lowest BCUT2D eigenvalue weighted by Crippen LogP contribution is -2.56. The molecule has 4 aliphatic rings. The number of fused-ring (bicyclic) bond motifs is 1. The van der Waals surface area contributed by atoms with Gasteiger partial charge in [-0.05, 0) is 30.9 Å². The molecule has 3 saturated heterocycles. The van der Waals surface area contributed by atoms with Crippen molar-refractivity contribution in [1.82, 2.24) is 9.88 Å². The molecule has 146 valence electrons. The average molecular weight is 379 g/mol. The predicted molar refractivity (Wildman–Crippen MR) is 93.3 cm³/mol. The normalized spacial score (nSPS) is 28.8. The van der Waals surface area contributed by atoms with Crippen molar-refractivity contribution in [2.45, 2.75) is 18.8 Å². The van der Waals surface area contributed by atoms with E-state index in [1.54, 1.807) is 17.0 Å². The van der Waals surface area contributed by atoms with Crippen LogP contribution in [0.3, 0.4) is 0 Å². The van der Waals surface area contributed by atoms with Gasteiger partial charge in [0.1, 0.15) is 11.4 Å². The van der Waals surface area contributed by atoms with Gasteiger partial charge in [0.25, 0.3) is 11.8 Å². The SMILES string of the molecule is O=C(c1ccc(N2CC(F)(F)C2)c(OCC2CC2)n1)N1CC2COCC2C1. The van der Waals surface area contributed by atoms with Gasteiger partial charge in [-0.3, -0.25) is 4.79 Å². The third-order valence-corrected chi connectivity index (χ3v) is 5.92. The fraction of sp³-hybridized carbons (Fsp3) is 0.684. The van der Waals surface area contributed by atoms with E-state index in [1.165, 1.54) is 0 Å². The Morgan fingerprint density at radius 1 is 1.22 bits per heavy atom. The molecule has 1 amide bonds. The number of ether oxygens (including phenoxy) is 2. The largest absolute Gasteiger partial charge is 0.476 e. The van der Waals surface area contributed by atoms with Crippen molar-refractivity contribution in [3.8, 4) is 5.88 Å². The van der Waals surface area contributed by atoms with Crippen LogP contribution in [0, 0.1) is 17.8 Å². The number of carbonyl (C=O) groups is 1. The summed E-state index contributed by atoms with van der Waals surface area (Å²) in [6.45, 7) is 2.63. The first-order valence-electron chi connectivity index (χ1n) is 9.62. The molecule has 27 heavy (non-hydrogen) atoms. The number of anilines is 1. The van der Waals surface area contributed by atoms with Crippen LogP contribution in [0.1, 0.15) is 23.3 Å². The summed E-state index contributed by atoms with van der Waals surface area (Å²) in [5, 5.41) is 0. The molecule has 2 atom stereocenters. The molecule has 4 heterocycles. The van der Waals surface area contributed by atoms with E-state index in [4.69, 9.17) is 9.47 Å². The molecule has 0 aromatic carbocycles. The van der Waals surface area contributed by atoms with Gasteiger partial charge in [-0.1, -0.05) is 0 Å². The Hall–Kier alpha value is -1.96. The Balaban J connectivity index is 1.34. The van der Waals surface area contributed by atoms with Crippen LogP contribution in [-0.4, -0.2) is 67.7 Å². The van der Waals surface area contributed by atoms with Gasteiger partial charge < -0.3 is 19.3 Å². The lowest BCUT2D eigenvalue weighted by molar-refractivity contribution is -0.0265. The molecule has 1 aromatic heterocycles. The highest BCUT2D eigenvalue weighted by Crippen LogP contribution is 2.38. The Labute approximate surface area is 156 Å². The number of amides is 1. The van der Waals surface area contributed by atoms with Gasteiger partial charge in [-0.2, -0.15) is 0 Å². The number of hydrogen-bond acceptors (Lipinski definition) is 5. The first kappa shape index (κ1) is 17.2. The first-order chi connectivity index (χ1) is 13.0. The Kier molecular flexibility index (Phi) is 4.00. The van der Waals surface area contributed by atoms with E-state index in [9.17, 15) is 13.6 Å². The molecular weight excluding hydrogens is 356 g/mol. The molecule has 3 aliphatic heterocycles. The third-order valence-electron chi connectivity index (χ3n) is 5.92. The third kappa shape index (κ3) is 3.35. The molecule has 6 nitrogen and oxygen atoms in total. The molecule has 0 N–H and O–H groups in total. The van der Waals surface area contributed by atoms with Crippen LogP contribution in [0.5, 0.6) is 5.88 Å². The highest BCUT2D eigenvalue weighted by Gasteiger charge is 2.45. The minimum atomic E-state index is -2.67. The zero-order valence-corrected chi connectivity index (χ0v) is 15.1. The van der Waals surface area contributed by atoms with Crippen molar-refractivity contribution >= 4 is 11.6 Å². The van der Waals surface area contributed by atoms with Crippen molar-refractivity contribution in [1.29, 1.82) is 0 Å². The monoisotopic (exact) mass is 379 g/mol. The summed E-state index contributed by atoms with van der Waals surface area (Å²) in [5.74, 6) is -1.18. The van der Waals surface area contributed by atoms with Crippen molar-refractivity contribution in [2.24, 2.45) is 17.8 Å². The number of hydrogen-bond donors (Lipinski definition) is 0. The smallest absolute Gasteiger partial charge is 0.282 e. The van der Waals surface area contributed by atoms with Crippen LogP contribution in [0.25, 0.3) is 0 Å². The topological polar surface area (TPSA) is 54.9 Å². The van der Waals surface area contributed by atoms with E-state index in [-0.39, 0.29) is 19.0 Å². The maximum Gasteiger partial charge on any atom is 0.282 e. The Morgan fingerprint density at radius 2 is 1.93 bits per heavy atom. The summed E-state index contributed by atoms with van der Waals surface area (Å²) in [6, 6.07) is 3.32. The minimum Gasteiger partial charge on any atom is -0.476 e. The second-order valence-electron chi connectivity index (χ2n) is 8.25. The van der Waals surface area contributed by atoms with E-state index < -0.39 is 5.92 Å². The fourth-order valence-corrected chi connectivity index (χ4v) is 4.08. The maximum absolute atomic E-state index is 13.3. The standard InChI is InChI=1S/C19H23F2N3O3/c20-19(21)10-24(11-19)16-4-3-15(22-17(16)27-7-12-1-2-12)18(25)23-5-13-8-26-9-14(13)6-23/h3-4,12-14H,1-2,5-11H2. The van der Waals surface area contributed by atoms with Crippen LogP contribution in [0.15, 0.2) is 12.1 Å². The van der Waals surface area contributed by atoms with E-state index in [0.717, 1.165) is 12.8 Å². The molecule has 0 spiro atoms. The summed E-state index contributed by atoms with van der Waals surface area (Å²) in [6.07, 6.45) is 2.24. The van der Waals surface area contributed by atoms with Crippen LogP contribution in [0.4, 0.5) is 14.5 Å². The van der Waals surface area contributed by atoms with Crippen molar-refractivity contribution in [3.05, 3.63) is 17.8 Å². The highest BCUT2D eigenvalue weighted by atomic mass is 19.3. The van der Waals surface area contributed by atoms with Crippen molar-refractivity contribution in [3.63, 3.8) is 0 Å². The molecular formula is C19H23F2N3O3. The van der Waals surface area contributed by atoms with Crippen LogP contribution in [-0.2, 0) is 4.74 Å². The van der Waals surface area contributed by atoms with E-state index >= 15 is 0 Å². The maximum atomic E-state index is 13.3. The van der Waals surface area contributed by atoms with Gasteiger partial charge in [0.2, 0.25) is 5.88 Å². The lowest BCUT2D eigenvalue weighted by atomic mass is 10.0. The fourth-order valence-electron chi connectivity index (χ4n) is 4.08. The van der Waals surface area contributed by atoms with E-state index in [0.29, 0.717) is 67.9 Å². The molecule has 4 fully saturated rings. The molecule has 1 aromatic rings. The predicted octanol–water partition coefficient (Wildman–Crippen LogP) is 2.04. The zero-order chi connectivity index (χ0) is 18.6. The van der Waals surface area contributed by atoms with Crippen LogP contribution >= 0.6 is 0 Å². The molecule has 2 unspecified atom stereocenters. The van der Waals surface area contributed by atoms with Gasteiger partial charge in [0.15, 0.2) is 0 Å². The Morgan fingerprint density at radius 3 is 2.56 bits per heavy atom. The van der Waals surface area contributed by atoms with E-state index in [1.807, 2.05) is 4.90 Å². The van der Waals surface area contributed by atoms with Crippen LogP contribution in [0.2, 0.25) is 0 Å². The van der Waals surface area contributed by atoms with Gasteiger partial charge in [-0.15, -0.1) is 0 Å². The van der Waals surface area contributed by atoms with Gasteiger partial charge in [-0.25, -0.2) is 13.8 Å². The minimum absolute atomic E-state index is 0.124. The zero-order valence-electron chi connectivity index (χ0n) is 15.1. The van der Waals surface area contributed by atoms with Crippen LogP contribution < -0.4 is 9.64 Å². The van der Waals surface area contributed by atoms with E-state index in [2.05, 4.69) is 4.98 Å². The Bertz CT molecular complexity index is 736. The average Bonchev–Trinajstić information content (AvgIpc) is 3.20. The number of alkyl halides is 2. The molecule has 1 saturated carbocycles. The number of pyridine rings is 1.